The van der Waals surface area contributed by atoms with Gasteiger partial charge < -0.3 is 15.3 Å². The van der Waals surface area contributed by atoms with Gasteiger partial charge in [0.25, 0.3) is 0 Å². The maximum atomic E-state index is 12.8. The van der Waals surface area contributed by atoms with Crippen molar-refractivity contribution in [2.45, 2.75) is 37.0 Å². The number of anilines is 1. The number of nitrogens with one attached hydrogen (secondary N) is 1. The topological polar surface area (TPSA) is 86.7 Å². The van der Waals surface area contributed by atoms with E-state index in [2.05, 4.69) is 29.6 Å². The van der Waals surface area contributed by atoms with Crippen molar-refractivity contribution in [2.24, 2.45) is 17.8 Å². The molecule has 184 valence electrons. The quantitative estimate of drug-likeness (QED) is 0.406. The Morgan fingerprint density at radius 3 is 2.37 bits per heavy atom. The second kappa shape index (κ2) is 12.1. The zero-order valence-electron chi connectivity index (χ0n) is 19.8. The molecule has 6 nitrogen and oxygen atoms in total. The molecule has 2 aromatic carbocycles. The van der Waals surface area contributed by atoms with E-state index >= 15 is 0 Å². The first-order chi connectivity index (χ1) is 17.0. The number of rotatable bonds is 8. The van der Waals surface area contributed by atoms with Gasteiger partial charge in [0.2, 0.25) is 11.8 Å². The zero-order valence-corrected chi connectivity index (χ0v) is 20.6. The molecular formula is C28H32N2O4S. The van der Waals surface area contributed by atoms with Crippen molar-refractivity contribution in [2.75, 3.05) is 24.2 Å². The molecule has 2 amide bonds. The Hall–Kier alpha value is -3.06. The monoisotopic (exact) mass is 492 g/mol. The van der Waals surface area contributed by atoms with E-state index in [1.807, 2.05) is 41.3 Å². The lowest BCUT2D eigenvalue weighted by Gasteiger charge is -2.32. The number of allylic oxidation sites excluding steroid dienone is 2. The lowest BCUT2D eigenvalue weighted by atomic mass is 9.82. The molecule has 2 aromatic rings. The Balaban J connectivity index is 1.24. The summed E-state index contributed by atoms with van der Waals surface area (Å²) in [6.45, 7) is 1.60. The van der Waals surface area contributed by atoms with Gasteiger partial charge in [0, 0.05) is 23.7 Å². The van der Waals surface area contributed by atoms with Crippen molar-refractivity contribution >= 4 is 35.2 Å². The average Bonchev–Trinajstić information content (AvgIpc) is 2.88. The molecule has 0 aromatic heterocycles. The van der Waals surface area contributed by atoms with Gasteiger partial charge >= 0.3 is 5.97 Å². The molecular weight excluding hydrogens is 460 g/mol. The molecule has 1 fully saturated rings. The minimum absolute atomic E-state index is 0.140. The van der Waals surface area contributed by atoms with Gasteiger partial charge in [-0.2, -0.15) is 0 Å². The molecule has 2 unspecified atom stereocenters. The summed E-state index contributed by atoms with van der Waals surface area (Å²) in [7, 11) is 0. The number of thioether (sulfide) groups is 1. The fraction of sp³-hybridized carbons (Fsp3) is 0.393. The minimum atomic E-state index is -0.943. The normalized spacial score (nSPS) is 20.4. The van der Waals surface area contributed by atoms with E-state index in [9.17, 15) is 19.5 Å². The van der Waals surface area contributed by atoms with Crippen LogP contribution < -0.4 is 5.32 Å². The largest absolute Gasteiger partial charge is 0.481 e. The lowest BCUT2D eigenvalue weighted by molar-refractivity contribution is -0.146. The Bertz CT molecular complexity index is 1060. The summed E-state index contributed by atoms with van der Waals surface area (Å²) in [4.78, 5) is 39.9. The molecule has 0 spiro atoms. The smallest absolute Gasteiger partial charge is 0.307 e. The fourth-order valence-corrected chi connectivity index (χ4v) is 5.70. The Kier molecular flexibility index (Phi) is 8.64. The molecule has 4 rings (SSSR count). The van der Waals surface area contributed by atoms with Crippen LogP contribution in [0.4, 0.5) is 5.69 Å². The highest BCUT2D eigenvalue weighted by Crippen LogP contribution is 2.29. The van der Waals surface area contributed by atoms with Crippen molar-refractivity contribution in [3.05, 3.63) is 72.3 Å². The van der Waals surface area contributed by atoms with Gasteiger partial charge in [-0.25, -0.2) is 0 Å². The number of aliphatic carboxylic acids is 1. The number of hydrogen-bond donors (Lipinski definition) is 2. The average molecular weight is 493 g/mol. The van der Waals surface area contributed by atoms with Crippen LogP contribution in [0.15, 0.2) is 71.6 Å². The third kappa shape index (κ3) is 6.98. The summed E-state index contributed by atoms with van der Waals surface area (Å²) in [6, 6.07) is 17.9. The first-order valence-corrected chi connectivity index (χ1v) is 13.2. The van der Waals surface area contributed by atoms with Crippen LogP contribution >= 0.6 is 11.8 Å². The number of carboxylic acids is 1. The molecule has 0 bridgehead atoms. The standard InChI is InChI=1S/C28H32N2O4S/c31-26(30-15-13-21(14-16-30)17-20-7-2-1-3-8-20)19-35-23-10-6-9-22(18-23)29-27(32)24-11-4-5-12-25(24)28(33)34/h1-10,18,21,24-25H,11-17,19H2,(H,29,32)(H,33,34). The van der Waals surface area contributed by atoms with Crippen LogP contribution in [0.2, 0.25) is 0 Å². The SMILES string of the molecule is O=C(O)C1CC=CCC1C(=O)Nc1cccc(SCC(=O)N2CCC(Cc3ccccc3)CC2)c1. The van der Waals surface area contributed by atoms with Crippen molar-refractivity contribution in [1.29, 1.82) is 0 Å². The van der Waals surface area contributed by atoms with E-state index in [1.54, 1.807) is 6.07 Å². The third-order valence-corrected chi connectivity index (χ3v) is 7.86. The molecule has 35 heavy (non-hydrogen) atoms. The van der Waals surface area contributed by atoms with Crippen LogP contribution in [0, 0.1) is 17.8 Å². The predicted octanol–water partition coefficient (Wildman–Crippen LogP) is 4.87. The lowest BCUT2D eigenvalue weighted by Crippen LogP contribution is -2.39. The van der Waals surface area contributed by atoms with Crippen LogP contribution in [0.25, 0.3) is 0 Å². The number of carboxylic acid groups (broad SMARTS) is 1. The predicted molar refractivity (Wildman–Crippen MR) is 138 cm³/mol. The van der Waals surface area contributed by atoms with Crippen LogP contribution in [0.5, 0.6) is 0 Å². The zero-order chi connectivity index (χ0) is 24.6. The summed E-state index contributed by atoms with van der Waals surface area (Å²) in [5.74, 6) is -1.39. The van der Waals surface area contributed by atoms with Crippen molar-refractivity contribution in [3.63, 3.8) is 0 Å². The van der Waals surface area contributed by atoms with Crippen LogP contribution in [0.3, 0.4) is 0 Å². The van der Waals surface area contributed by atoms with E-state index in [1.165, 1.54) is 17.3 Å². The Morgan fingerprint density at radius 1 is 0.943 bits per heavy atom. The van der Waals surface area contributed by atoms with Gasteiger partial charge in [0.15, 0.2) is 0 Å². The van der Waals surface area contributed by atoms with Crippen LogP contribution in [0.1, 0.15) is 31.2 Å². The molecule has 0 saturated carbocycles. The van der Waals surface area contributed by atoms with Gasteiger partial charge in [0.05, 0.1) is 17.6 Å². The molecule has 0 radical (unpaired) electrons. The number of hydrogen-bond acceptors (Lipinski definition) is 4. The number of carbonyl (C=O) groups is 3. The first-order valence-electron chi connectivity index (χ1n) is 12.2. The summed E-state index contributed by atoms with van der Waals surface area (Å²) < 4.78 is 0. The number of amides is 2. The van der Waals surface area contributed by atoms with E-state index in [4.69, 9.17) is 0 Å². The summed E-state index contributed by atoms with van der Waals surface area (Å²) >= 11 is 1.46. The highest BCUT2D eigenvalue weighted by atomic mass is 32.2. The van der Waals surface area contributed by atoms with Gasteiger partial charge in [-0.05, 0) is 61.8 Å². The second-order valence-corrected chi connectivity index (χ2v) is 10.4. The van der Waals surface area contributed by atoms with Gasteiger partial charge in [0.1, 0.15) is 0 Å². The van der Waals surface area contributed by atoms with Crippen molar-refractivity contribution in [3.8, 4) is 0 Å². The second-order valence-electron chi connectivity index (χ2n) is 9.31. The molecule has 2 aliphatic rings. The fourth-order valence-electron chi connectivity index (χ4n) is 4.85. The molecule has 7 heteroatoms. The van der Waals surface area contributed by atoms with E-state index < -0.39 is 17.8 Å². The molecule has 1 aliphatic carbocycles. The Labute approximate surface area is 210 Å². The summed E-state index contributed by atoms with van der Waals surface area (Å²) in [5, 5.41) is 12.3. The molecule has 1 aliphatic heterocycles. The van der Waals surface area contributed by atoms with Crippen LogP contribution in [-0.4, -0.2) is 46.6 Å². The molecule has 1 saturated heterocycles. The van der Waals surface area contributed by atoms with Gasteiger partial charge in [-0.1, -0.05) is 48.6 Å². The maximum Gasteiger partial charge on any atom is 0.307 e. The number of nitrogens with zero attached hydrogens (tertiary/aromatic N) is 1. The highest BCUT2D eigenvalue weighted by molar-refractivity contribution is 8.00. The van der Waals surface area contributed by atoms with Gasteiger partial charge in [-0.15, -0.1) is 11.8 Å². The minimum Gasteiger partial charge on any atom is -0.481 e. The maximum absolute atomic E-state index is 12.8. The molecule has 2 N–H and O–H groups in total. The van der Waals surface area contributed by atoms with Crippen LogP contribution in [-0.2, 0) is 20.8 Å². The Morgan fingerprint density at radius 2 is 1.66 bits per heavy atom. The van der Waals surface area contributed by atoms with E-state index in [-0.39, 0.29) is 11.8 Å². The van der Waals surface area contributed by atoms with E-state index in [0.717, 1.165) is 37.2 Å². The molecule has 2 atom stereocenters. The molecule has 1 heterocycles. The number of benzene rings is 2. The summed E-state index contributed by atoms with van der Waals surface area (Å²) in [5.41, 5.74) is 1.98. The number of likely N-dealkylation sites (tertiary alicyclic amines) is 1. The first kappa shape index (κ1) is 25.0. The number of carbonyl (C=O) groups excluding carboxylic acids is 2. The van der Waals surface area contributed by atoms with Gasteiger partial charge in [-0.3, -0.25) is 14.4 Å². The summed E-state index contributed by atoms with van der Waals surface area (Å²) in [6.07, 6.45) is 7.61. The number of piperidine rings is 1. The highest BCUT2D eigenvalue weighted by Gasteiger charge is 2.34. The van der Waals surface area contributed by atoms with Crippen molar-refractivity contribution < 1.29 is 19.5 Å². The third-order valence-electron chi connectivity index (χ3n) is 6.88. The van der Waals surface area contributed by atoms with E-state index in [0.29, 0.717) is 30.2 Å². The van der Waals surface area contributed by atoms with Crippen molar-refractivity contribution in [1.82, 2.24) is 4.90 Å².